The second kappa shape index (κ2) is 6.98. The summed E-state index contributed by atoms with van der Waals surface area (Å²) in [6.45, 7) is 3.71. The summed E-state index contributed by atoms with van der Waals surface area (Å²) in [5, 5.41) is 12.4. The van der Waals surface area contributed by atoms with Crippen molar-refractivity contribution in [1.82, 2.24) is 20.4 Å². The minimum atomic E-state index is -0.0177. The first-order chi connectivity index (χ1) is 12.2. The lowest BCUT2D eigenvalue weighted by atomic mass is 9.93. The van der Waals surface area contributed by atoms with Crippen LogP contribution < -0.4 is 10.6 Å². The van der Waals surface area contributed by atoms with Gasteiger partial charge in [0, 0.05) is 46.9 Å². The third-order valence-corrected chi connectivity index (χ3v) is 5.87. The van der Waals surface area contributed by atoms with Crippen LogP contribution >= 0.6 is 11.3 Å². The number of amides is 1. The topological polar surface area (TPSA) is 59.0 Å². The van der Waals surface area contributed by atoms with Gasteiger partial charge in [-0.1, -0.05) is 18.2 Å². The predicted molar refractivity (Wildman–Crippen MR) is 100 cm³/mol. The van der Waals surface area contributed by atoms with Crippen molar-refractivity contribution in [2.45, 2.75) is 44.9 Å². The number of piperidine rings is 1. The summed E-state index contributed by atoms with van der Waals surface area (Å²) < 4.78 is 3.22. The van der Waals surface area contributed by atoms with Crippen molar-refractivity contribution in [2.75, 3.05) is 0 Å². The molecule has 130 valence electrons. The number of aryl methyl sites for hydroxylation is 1. The van der Waals surface area contributed by atoms with Gasteiger partial charge in [-0.15, -0.1) is 11.3 Å². The molecule has 0 aliphatic carbocycles. The molecular formula is C19H22N4OS. The number of nitrogens with one attached hydrogen (secondary N) is 2. The highest BCUT2D eigenvalue weighted by Gasteiger charge is 2.30. The zero-order valence-corrected chi connectivity index (χ0v) is 15.1. The van der Waals surface area contributed by atoms with Gasteiger partial charge < -0.3 is 10.6 Å². The molecule has 0 unspecified atom stereocenters. The van der Waals surface area contributed by atoms with Crippen LogP contribution in [0.3, 0.4) is 0 Å². The zero-order valence-electron chi connectivity index (χ0n) is 14.2. The van der Waals surface area contributed by atoms with Gasteiger partial charge in [-0.05, 0) is 30.9 Å². The van der Waals surface area contributed by atoms with Crippen LogP contribution in [0.2, 0.25) is 0 Å². The molecule has 5 nitrogen and oxygen atoms in total. The number of carbonyl (C=O) groups is 1. The van der Waals surface area contributed by atoms with E-state index in [1.54, 1.807) is 0 Å². The van der Waals surface area contributed by atoms with Crippen molar-refractivity contribution < 1.29 is 4.79 Å². The van der Waals surface area contributed by atoms with Crippen molar-refractivity contribution in [2.24, 2.45) is 0 Å². The molecule has 0 saturated carbocycles. The molecule has 1 saturated heterocycles. The largest absolute Gasteiger partial charge is 0.348 e. The molecule has 6 heteroatoms. The third kappa shape index (κ3) is 3.45. The van der Waals surface area contributed by atoms with Crippen LogP contribution in [-0.2, 0) is 17.9 Å². The second-order valence-corrected chi connectivity index (χ2v) is 7.62. The summed E-state index contributed by atoms with van der Waals surface area (Å²) in [4.78, 5) is 13.2. The van der Waals surface area contributed by atoms with E-state index < -0.39 is 0 Å². The first kappa shape index (κ1) is 16.3. The minimum absolute atomic E-state index is 0.0177. The van der Waals surface area contributed by atoms with Crippen molar-refractivity contribution in [3.8, 4) is 0 Å². The maximum Gasteiger partial charge on any atom is 0.220 e. The van der Waals surface area contributed by atoms with Crippen LogP contribution in [0.5, 0.6) is 0 Å². The molecule has 1 aromatic carbocycles. The normalized spacial score (nSPS) is 20.8. The number of fused-ring (bicyclic) bond motifs is 1. The molecule has 1 aliphatic heterocycles. The number of hydrogen-bond acceptors (Lipinski definition) is 4. The second-order valence-electron chi connectivity index (χ2n) is 6.45. The first-order valence-corrected chi connectivity index (χ1v) is 9.57. The summed E-state index contributed by atoms with van der Waals surface area (Å²) in [7, 11) is 0. The van der Waals surface area contributed by atoms with E-state index in [9.17, 15) is 4.79 Å². The molecule has 1 amide bonds. The van der Waals surface area contributed by atoms with Crippen LogP contribution in [0.1, 0.15) is 36.2 Å². The highest BCUT2D eigenvalue weighted by atomic mass is 32.1. The molecule has 4 rings (SSSR count). The number of hydrogen-bond donors (Lipinski definition) is 2. The molecule has 2 aromatic heterocycles. The Morgan fingerprint density at radius 1 is 1.40 bits per heavy atom. The van der Waals surface area contributed by atoms with Gasteiger partial charge in [0.05, 0.1) is 12.2 Å². The summed E-state index contributed by atoms with van der Waals surface area (Å²) in [6.07, 6.45) is 5.32. The number of carbonyl (C=O) groups excluding carboxylic acids is 1. The van der Waals surface area contributed by atoms with E-state index in [0.717, 1.165) is 25.1 Å². The molecule has 1 aliphatic rings. The van der Waals surface area contributed by atoms with Crippen LogP contribution in [0, 0.1) is 0 Å². The number of rotatable bonds is 5. The Kier molecular flexibility index (Phi) is 4.55. The molecule has 3 aromatic rings. The fourth-order valence-electron chi connectivity index (χ4n) is 3.40. The standard InChI is InChI=1S/C19H22N4OS/c1-2-23-12-14(10-21-23)19-16(7-8-18(24)22-19)20-11-15-9-13-5-3-4-6-17(13)25-15/h3-6,9-10,12,16,19-20H,2,7-8,11H2,1H3,(H,22,24)/t16-,19+/m1/s1. The Morgan fingerprint density at radius 2 is 2.28 bits per heavy atom. The number of nitrogens with zero attached hydrogens (tertiary/aromatic N) is 2. The minimum Gasteiger partial charge on any atom is -0.348 e. The first-order valence-electron chi connectivity index (χ1n) is 8.75. The average molecular weight is 354 g/mol. The Bertz CT molecular complexity index is 851. The lowest BCUT2D eigenvalue weighted by Gasteiger charge is -2.32. The zero-order chi connectivity index (χ0) is 17.2. The SMILES string of the molecule is CCn1cc([C@@H]2NC(=O)CC[C@H]2NCc2cc3ccccc3s2)cn1. The Morgan fingerprint density at radius 3 is 3.08 bits per heavy atom. The number of thiophene rings is 1. The summed E-state index contributed by atoms with van der Waals surface area (Å²) in [5.41, 5.74) is 1.07. The summed E-state index contributed by atoms with van der Waals surface area (Å²) >= 11 is 1.82. The Labute approximate surface area is 151 Å². The van der Waals surface area contributed by atoms with Crippen molar-refractivity contribution in [3.05, 3.63) is 53.2 Å². The fraction of sp³-hybridized carbons (Fsp3) is 0.368. The molecule has 2 atom stereocenters. The van der Waals surface area contributed by atoms with Crippen molar-refractivity contribution in [3.63, 3.8) is 0 Å². The summed E-state index contributed by atoms with van der Waals surface area (Å²) in [5.74, 6) is 0.120. The van der Waals surface area contributed by atoms with Gasteiger partial charge >= 0.3 is 0 Å². The van der Waals surface area contributed by atoms with E-state index in [4.69, 9.17) is 0 Å². The van der Waals surface area contributed by atoms with Gasteiger partial charge in [0.2, 0.25) is 5.91 Å². The molecular weight excluding hydrogens is 332 g/mol. The predicted octanol–water partition coefficient (Wildman–Crippen LogP) is 3.23. The van der Waals surface area contributed by atoms with Crippen LogP contribution in [0.25, 0.3) is 10.1 Å². The molecule has 25 heavy (non-hydrogen) atoms. The van der Waals surface area contributed by atoms with Gasteiger partial charge in [-0.2, -0.15) is 5.10 Å². The van der Waals surface area contributed by atoms with Gasteiger partial charge in [0.25, 0.3) is 0 Å². The number of benzene rings is 1. The lowest BCUT2D eigenvalue weighted by molar-refractivity contribution is -0.123. The van der Waals surface area contributed by atoms with Gasteiger partial charge in [0.1, 0.15) is 0 Å². The molecule has 0 spiro atoms. The van der Waals surface area contributed by atoms with Gasteiger partial charge in [-0.25, -0.2) is 0 Å². The van der Waals surface area contributed by atoms with Crippen molar-refractivity contribution in [1.29, 1.82) is 0 Å². The quantitative estimate of drug-likeness (QED) is 0.740. The van der Waals surface area contributed by atoms with Gasteiger partial charge in [0.15, 0.2) is 0 Å². The molecule has 0 radical (unpaired) electrons. The maximum atomic E-state index is 11.9. The van der Waals surface area contributed by atoms with E-state index in [1.807, 2.05) is 28.4 Å². The van der Waals surface area contributed by atoms with Gasteiger partial charge in [-0.3, -0.25) is 9.48 Å². The Hall–Kier alpha value is -2.18. The molecule has 0 bridgehead atoms. The van der Waals surface area contributed by atoms with E-state index in [0.29, 0.717) is 6.42 Å². The van der Waals surface area contributed by atoms with Crippen LogP contribution in [-0.4, -0.2) is 21.7 Å². The molecule has 2 N–H and O–H groups in total. The van der Waals surface area contributed by atoms with Crippen LogP contribution in [0.4, 0.5) is 0 Å². The van der Waals surface area contributed by atoms with E-state index in [-0.39, 0.29) is 18.0 Å². The maximum absolute atomic E-state index is 11.9. The van der Waals surface area contributed by atoms with E-state index in [1.165, 1.54) is 15.0 Å². The smallest absolute Gasteiger partial charge is 0.220 e. The Balaban J connectivity index is 1.49. The average Bonchev–Trinajstić information content (AvgIpc) is 3.27. The highest BCUT2D eigenvalue weighted by Crippen LogP contribution is 2.27. The highest BCUT2D eigenvalue weighted by molar-refractivity contribution is 7.19. The van der Waals surface area contributed by atoms with Crippen molar-refractivity contribution >= 4 is 27.3 Å². The molecule has 1 fully saturated rings. The summed E-state index contributed by atoms with van der Waals surface area (Å²) in [6, 6.07) is 10.9. The van der Waals surface area contributed by atoms with E-state index >= 15 is 0 Å². The lowest BCUT2D eigenvalue weighted by Crippen LogP contribution is -2.48. The monoisotopic (exact) mass is 354 g/mol. The van der Waals surface area contributed by atoms with Crippen LogP contribution in [0.15, 0.2) is 42.7 Å². The fourth-order valence-corrected chi connectivity index (χ4v) is 4.42. The molecule has 3 heterocycles. The number of aromatic nitrogens is 2. The third-order valence-electron chi connectivity index (χ3n) is 4.75. The van der Waals surface area contributed by atoms with E-state index in [2.05, 4.69) is 53.0 Å².